The maximum absolute atomic E-state index is 13.1. The van der Waals surface area contributed by atoms with Crippen LogP contribution in [0, 0.1) is 11.6 Å². The van der Waals surface area contributed by atoms with Crippen LogP contribution in [-0.2, 0) is 11.2 Å². The van der Waals surface area contributed by atoms with Crippen LogP contribution in [0.1, 0.15) is 5.56 Å². The van der Waals surface area contributed by atoms with Gasteiger partial charge in [-0.15, -0.1) is 0 Å². The van der Waals surface area contributed by atoms with E-state index in [1.54, 1.807) is 0 Å². The summed E-state index contributed by atoms with van der Waals surface area (Å²) in [6.45, 7) is 0. The van der Waals surface area contributed by atoms with E-state index in [9.17, 15) is 13.6 Å². The molecule has 1 aromatic rings. The molecular weight excluding hydrogens is 214 g/mol. The van der Waals surface area contributed by atoms with E-state index in [2.05, 4.69) is 4.74 Å². The van der Waals surface area contributed by atoms with Gasteiger partial charge in [0.2, 0.25) is 5.82 Å². The van der Waals surface area contributed by atoms with E-state index in [1.807, 2.05) is 0 Å². The lowest BCUT2D eigenvalue weighted by atomic mass is 10.1. The van der Waals surface area contributed by atoms with Gasteiger partial charge in [0.25, 0.3) is 0 Å². The topological polar surface area (TPSA) is 26.3 Å². The van der Waals surface area contributed by atoms with E-state index in [0.29, 0.717) is 6.29 Å². The summed E-state index contributed by atoms with van der Waals surface area (Å²) in [5.41, 5.74) is 0.228. The van der Waals surface area contributed by atoms with Gasteiger partial charge < -0.3 is 9.53 Å². The van der Waals surface area contributed by atoms with E-state index in [0.717, 1.165) is 0 Å². The van der Waals surface area contributed by atoms with Gasteiger partial charge >= 0.3 is 0 Å². The fraction of sp³-hybridized carbons (Fsp3) is 0.222. The van der Waals surface area contributed by atoms with E-state index in [-0.39, 0.29) is 22.8 Å². The summed E-state index contributed by atoms with van der Waals surface area (Å²) >= 11 is 5.40. The van der Waals surface area contributed by atoms with Crippen molar-refractivity contribution in [3.63, 3.8) is 0 Å². The third-order valence-corrected chi connectivity index (χ3v) is 1.98. The van der Waals surface area contributed by atoms with Crippen LogP contribution in [0.5, 0.6) is 5.75 Å². The van der Waals surface area contributed by atoms with E-state index in [4.69, 9.17) is 11.6 Å². The molecule has 0 amide bonds. The number of carbonyl (C=O) groups excluding carboxylic acids is 1. The average Bonchev–Trinajstić information content (AvgIpc) is 2.16. The van der Waals surface area contributed by atoms with Gasteiger partial charge in [0, 0.05) is 12.0 Å². The van der Waals surface area contributed by atoms with E-state index in [1.165, 1.54) is 13.2 Å². The number of aldehydes is 1. The highest BCUT2D eigenvalue weighted by atomic mass is 35.5. The Bertz CT molecular complexity index is 366. The standard InChI is InChI=1S/C9H7ClF2O2/c1-14-9-5(2-3-13)4-6(10)7(11)8(9)12/h3-4H,2H2,1H3. The van der Waals surface area contributed by atoms with Crippen molar-refractivity contribution in [2.75, 3.05) is 7.11 Å². The zero-order valence-corrected chi connectivity index (χ0v) is 8.07. The Morgan fingerprint density at radius 1 is 1.50 bits per heavy atom. The highest BCUT2D eigenvalue weighted by Crippen LogP contribution is 2.30. The summed E-state index contributed by atoms with van der Waals surface area (Å²) in [6, 6.07) is 1.17. The highest BCUT2D eigenvalue weighted by molar-refractivity contribution is 6.30. The molecule has 0 aliphatic carbocycles. The van der Waals surface area contributed by atoms with Crippen molar-refractivity contribution >= 4 is 17.9 Å². The van der Waals surface area contributed by atoms with Gasteiger partial charge in [0.05, 0.1) is 12.1 Å². The first-order chi connectivity index (χ1) is 6.61. The maximum Gasteiger partial charge on any atom is 0.202 e. The summed E-state index contributed by atoms with van der Waals surface area (Å²) in [5, 5.41) is -0.361. The predicted molar refractivity (Wildman–Crippen MR) is 47.7 cm³/mol. The Labute approximate surface area is 84.4 Å². The molecule has 0 fully saturated rings. The molecule has 1 rings (SSSR count). The molecule has 76 valence electrons. The molecule has 0 atom stereocenters. The molecule has 5 heteroatoms. The quantitative estimate of drug-likeness (QED) is 0.578. The number of hydrogen-bond acceptors (Lipinski definition) is 2. The van der Waals surface area contributed by atoms with Crippen molar-refractivity contribution in [3.05, 3.63) is 28.3 Å². The van der Waals surface area contributed by atoms with Crippen LogP contribution in [0.2, 0.25) is 5.02 Å². The average molecular weight is 221 g/mol. The van der Waals surface area contributed by atoms with Gasteiger partial charge in [0.1, 0.15) is 6.29 Å². The summed E-state index contributed by atoms with van der Waals surface area (Å²) in [5.74, 6) is -2.62. The number of carbonyl (C=O) groups is 1. The first kappa shape index (κ1) is 10.9. The van der Waals surface area contributed by atoms with Gasteiger partial charge in [-0.3, -0.25) is 0 Å². The fourth-order valence-corrected chi connectivity index (χ4v) is 1.30. The van der Waals surface area contributed by atoms with Crippen molar-refractivity contribution in [1.82, 2.24) is 0 Å². The molecule has 0 unspecified atom stereocenters. The second-order valence-corrected chi connectivity index (χ2v) is 2.96. The third kappa shape index (κ3) is 1.85. The predicted octanol–water partition coefficient (Wildman–Crippen LogP) is 2.37. The van der Waals surface area contributed by atoms with Gasteiger partial charge in [-0.05, 0) is 6.07 Å². The minimum atomic E-state index is -1.17. The molecule has 2 nitrogen and oxygen atoms in total. The van der Waals surface area contributed by atoms with E-state index >= 15 is 0 Å². The van der Waals surface area contributed by atoms with Crippen LogP contribution in [0.25, 0.3) is 0 Å². The first-order valence-electron chi connectivity index (χ1n) is 3.75. The molecule has 0 radical (unpaired) electrons. The lowest BCUT2D eigenvalue weighted by Gasteiger charge is -2.08. The molecule has 0 aromatic heterocycles. The molecule has 0 saturated heterocycles. The van der Waals surface area contributed by atoms with Crippen LogP contribution in [-0.4, -0.2) is 13.4 Å². The van der Waals surface area contributed by atoms with Gasteiger partial charge in [-0.2, -0.15) is 4.39 Å². The lowest BCUT2D eigenvalue weighted by molar-refractivity contribution is -0.107. The summed E-state index contributed by atoms with van der Waals surface area (Å²) < 4.78 is 30.7. The van der Waals surface area contributed by atoms with Crippen LogP contribution >= 0.6 is 11.6 Å². The van der Waals surface area contributed by atoms with Crippen molar-refractivity contribution in [2.24, 2.45) is 0 Å². The smallest absolute Gasteiger partial charge is 0.202 e. The number of rotatable bonds is 3. The van der Waals surface area contributed by atoms with Gasteiger partial charge in [-0.1, -0.05) is 11.6 Å². The number of ether oxygens (including phenoxy) is 1. The Morgan fingerprint density at radius 3 is 2.64 bits per heavy atom. The molecular formula is C9H7ClF2O2. The van der Waals surface area contributed by atoms with Crippen molar-refractivity contribution in [2.45, 2.75) is 6.42 Å². The lowest BCUT2D eigenvalue weighted by Crippen LogP contribution is -1.99. The molecule has 0 heterocycles. The molecule has 0 bridgehead atoms. The summed E-state index contributed by atoms with van der Waals surface area (Å²) in [7, 11) is 1.19. The van der Waals surface area contributed by atoms with E-state index < -0.39 is 11.6 Å². The van der Waals surface area contributed by atoms with Crippen molar-refractivity contribution < 1.29 is 18.3 Å². The first-order valence-corrected chi connectivity index (χ1v) is 4.13. The van der Waals surface area contributed by atoms with Crippen LogP contribution < -0.4 is 4.74 Å². The summed E-state index contributed by atoms with van der Waals surface area (Å²) in [4.78, 5) is 10.2. The molecule has 0 aliphatic rings. The molecule has 0 spiro atoms. The number of methoxy groups -OCH3 is 1. The largest absolute Gasteiger partial charge is 0.493 e. The minimum Gasteiger partial charge on any atom is -0.493 e. The van der Waals surface area contributed by atoms with Gasteiger partial charge in [0.15, 0.2) is 11.6 Å². The van der Waals surface area contributed by atoms with Crippen molar-refractivity contribution in [1.29, 1.82) is 0 Å². The molecule has 0 N–H and O–H groups in total. The molecule has 14 heavy (non-hydrogen) atoms. The Morgan fingerprint density at radius 2 is 2.14 bits per heavy atom. The normalized spacial score (nSPS) is 10.0. The van der Waals surface area contributed by atoms with Crippen LogP contribution in [0.3, 0.4) is 0 Å². The summed E-state index contributed by atoms with van der Waals surface area (Å²) in [6.07, 6.45) is 0.492. The number of benzene rings is 1. The maximum atomic E-state index is 13.1. The second-order valence-electron chi connectivity index (χ2n) is 2.55. The Kier molecular flexibility index (Phi) is 3.41. The monoisotopic (exact) mass is 220 g/mol. The third-order valence-electron chi connectivity index (χ3n) is 1.70. The molecule has 0 saturated carbocycles. The number of halogens is 3. The minimum absolute atomic E-state index is 0.0694. The molecule has 1 aromatic carbocycles. The Balaban J connectivity index is 3.35. The highest BCUT2D eigenvalue weighted by Gasteiger charge is 2.17. The second kappa shape index (κ2) is 4.37. The Hall–Kier alpha value is -1.16. The SMILES string of the molecule is COc1c(CC=O)cc(Cl)c(F)c1F. The fourth-order valence-electron chi connectivity index (χ4n) is 1.09. The zero-order valence-electron chi connectivity index (χ0n) is 7.31. The molecule has 0 aliphatic heterocycles. The van der Waals surface area contributed by atoms with Crippen LogP contribution in [0.15, 0.2) is 6.07 Å². The van der Waals surface area contributed by atoms with Gasteiger partial charge in [-0.25, -0.2) is 4.39 Å². The number of hydrogen-bond donors (Lipinski definition) is 0. The van der Waals surface area contributed by atoms with Crippen LogP contribution in [0.4, 0.5) is 8.78 Å². The van der Waals surface area contributed by atoms with Crippen molar-refractivity contribution in [3.8, 4) is 5.75 Å². The zero-order chi connectivity index (χ0) is 10.7.